The molecule has 0 aliphatic carbocycles. The van der Waals surface area contributed by atoms with Crippen molar-refractivity contribution >= 4 is 0 Å². The highest BCUT2D eigenvalue weighted by atomic mass is 16.5. The molecule has 0 heterocycles. The number of benzene rings is 1. The number of hydrogen-bond acceptors (Lipinski definition) is 1. The standard InChI is InChI=1S/C16H26O/c1-13(2)12-14(3)6-5-7-15-8-10-16(17-4)11-9-15/h8-11,13-14H,5-7,12H2,1-4H3. The van der Waals surface area contributed by atoms with Crippen LogP contribution in [0.25, 0.3) is 0 Å². The van der Waals surface area contributed by atoms with Crippen LogP contribution in [-0.2, 0) is 6.42 Å². The maximum atomic E-state index is 5.16. The fraction of sp³-hybridized carbons (Fsp3) is 0.625. The Kier molecular flexibility index (Phi) is 6.10. The van der Waals surface area contributed by atoms with Gasteiger partial charge in [0.1, 0.15) is 5.75 Å². The fourth-order valence-electron chi connectivity index (χ4n) is 2.37. The topological polar surface area (TPSA) is 9.23 Å². The lowest BCUT2D eigenvalue weighted by molar-refractivity contribution is 0.405. The highest BCUT2D eigenvalue weighted by molar-refractivity contribution is 5.27. The summed E-state index contributed by atoms with van der Waals surface area (Å²) >= 11 is 0. The van der Waals surface area contributed by atoms with Gasteiger partial charge in [0.15, 0.2) is 0 Å². The second kappa shape index (κ2) is 7.37. The van der Waals surface area contributed by atoms with E-state index in [-0.39, 0.29) is 0 Å². The van der Waals surface area contributed by atoms with Crippen LogP contribution in [0, 0.1) is 11.8 Å². The van der Waals surface area contributed by atoms with Crippen molar-refractivity contribution in [3.63, 3.8) is 0 Å². The molecule has 0 saturated heterocycles. The summed E-state index contributed by atoms with van der Waals surface area (Å²) in [5.41, 5.74) is 1.42. The Bertz CT molecular complexity index is 300. The average molecular weight is 234 g/mol. The number of methoxy groups -OCH3 is 1. The SMILES string of the molecule is COc1ccc(CCCC(C)CC(C)C)cc1. The Balaban J connectivity index is 2.25. The van der Waals surface area contributed by atoms with Gasteiger partial charge in [-0.2, -0.15) is 0 Å². The minimum atomic E-state index is 0.825. The Hall–Kier alpha value is -0.980. The predicted octanol–water partition coefficient (Wildman–Crippen LogP) is 4.70. The van der Waals surface area contributed by atoms with E-state index < -0.39 is 0 Å². The number of rotatable bonds is 7. The smallest absolute Gasteiger partial charge is 0.118 e. The molecule has 1 atom stereocenters. The van der Waals surface area contributed by atoms with Crippen molar-refractivity contribution < 1.29 is 4.74 Å². The molecule has 0 bridgehead atoms. The largest absolute Gasteiger partial charge is 0.497 e. The summed E-state index contributed by atoms with van der Waals surface area (Å²) in [6, 6.07) is 8.44. The molecule has 1 aromatic carbocycles. The second-order valence-corrected chi connectivity index (χ2v) is 5.48. The van der Waals surface area contributed by atoms with Crippen LogP contribution in [0.2, 0.25) is 0 Å². The highest BCUT2D eigenvalue weighted by Gasteiger charge is 2.05. The molecule has 0 aromatic heterocycles. The quantitative estimate of drug-likeness (QED) is 0.664. The summed E-state index contributed by atoms with van der Waals surface area (Å²) in [4.78, 5) is 0. The molecule has 0 radical (unpaired) electrons. The molecule has 0 fully saturated rings. The van der Waals surface area contributed by atoms with Crippen molar-refractivity contribution in [2.24, 2.45) is 11.8 Å². The van der Waals surface area contributed by atoms with Crippen LogP contribution in [0.3, 0.4) is 0 Å². The van der Waals surface area contributed by atoms with Gasteiger partial charge in [0.25, 0.3) is 0 Å². The number of aryl methyl sites for hydroxylation is 1. The van der Waals surface area contributed by atoms with Gasteiger partial charge in [-0.15, -0.1) is 0 Å². The van der Waals surface area contributed by atoms with Gasteiger partial charge in [-0.3, -0.25) is 0 Å². The van der Waals surface area contributed by atoms with E-state index in [2.05, 4.69) is 32.9 Å². The highest BCUT2D eigenvalue weighted by Crippen LogP contribution is 2.18. The molecule has 17 heavy (non-hydrogen) atoms. The second-order valence-electron chi connectivity index (χ2n) is 5.48. The van der Waals surface area contributed by atoms with Crippen LogP contribution in [0.5, 0.6) is 5.75 Å². The van der Waals surface area contributed by atoms with Crippen LogP contribution in [-0.4, -0.2) is 7.11 Å². The molecule has 0 saturated carbocycles. The van der Waals surface area contributed by atoms with E-state index in [0.29, 0.717) is 0 Å². The molecule has 1 aromatic rings. The normalized spacial score (nSPS) is 12.8. The van der Waals surface area contributed by atoms with Crippen molar-refractivity contribution in [3.05, 3.63) is 29.8 Å². The first-order chi connectivity index (χ1) is 8.11. The van der Waals surface area contributed by atoms with Gasteiger partial charge in [-0.1, -0.05) is 39.3 Å². The molecule has 1 heteroatoms. The van der Waals surface area contributed by atoms with Crippen LogP contribution in [0.15, 0.2) is 24.3 Å². The maximum Gasteiger partial charge on any atom is 0.118 e. The van der Waals surface area contributed by atoms with Crippen LogP contribution >= 0.6 is 0 Å². The number of ether oxygens (including phenoxy) is 1. The van der Waals surface area contributed by atoms with Gasteiger partial charge in [0.05, 0.1) is 7.11 Å². The molecule has 0 N–H and O–H groups in total. The molecule has 96 valence electrons. The van der Waals surface area contributed by atoms with E-state index in [0.717, 1.165) is 17.6 Å². The van der Waals surface area contributed by atoms with Crippen LogP contribution < -0.4 is 4.74 Å². The van der Waals surface area contributed by atoms with Crippen molar-refractivity contribution in [1.29, 1.82) is 0 Å². The van der Waals surface area contributed by atoms with Crippen LogP contribution in [0.4, 0.5) is 0 Å². The van der Waals surface area contributed by atoms with Gasteiger partial charge in [-0.25, -0.2) is 0 Å². The first-order valence-electron chi connectivity index (χ1n) is 6.74. The molecule has 0 aliphatic rings. The van der Waals surface area contributed by atoms with E-state index in [1.54, 1.807) is 7.11 Å². The first-order valence-corrected chi connectivity index (χ1v) is 6.74. The third-order valence-corrected chi connectivity index (χ3v) is 3.20. The summed E-state index contributed by atoms with van der Waals surface area (Å²) in [5.74, 6) is 2.63. The molecular weight excluding hydrogens is 208 g/mol. The zero-order valence-electron chi connectivity index (χ0n) is 11.7. The van der Waals surface area contributed by atoms with Gasteiger partial charge < -0.3 is 4.74 Å². The molecule has 0 spiro atoms. The minimum Gasteiger partial charge on any atom is -0.497 e. The lowest BCUT2D eigenvalue weighted by Gasteiger charge is -2.13. The van der Waals surface area contributed by atoms with E-state index in [9.17, 15) is 0 Å². The lowest BCUT2D eigenvalue weighted by atomic mass is 9.93. The summed E-state index contributed by atoms with van der Waals surface area (Å²) < 4.78 is 5.16. The molecule has 1 unspecified atom stereocenters. The maximum absolute atomic E-state index is 5.16. The molecule has 0 amide bonds. The summed E-state index contributed by atoms with van der Waals surface area (Å²) in [6.45, 7) is 6.98. The van der Waals surface area contributed by atoms with Gasteiger partial charge in [-0.05, 0) is 48.8 Å². The van der Waals surface area contributed by atoms with E-state index >= 15 is 0 Å². The molecular formula is C16H26O. The third kappa shape index (κ3) is 5.76. The van der Waals surface area contributed by atoms with Crippen molar-refractivity contribution in [1.82, 2.24) is 0 Å². The van der Waals surface area contributed by atoms with Crippen LogP contribution in [0.1, 0.15) is 45.6 Å². The van der Waals surface area contributed by atoms with Gasteiger partial charge in [0.2, 0.25) is 0 Å². The summed E-state index contributed by atoms with van der Waals surface area (Å²) in [7, 11) is 1.71. The van der Waals surface area contributed by atoms with Gasteiger partial charge in [0, 0.05) is 0 Å². The predicted molar refractivity (Wildman–Crippen MR) is 74.6 cm³/mol. The van der Waals surface area contributed by atoms with Crippen molar-refractivity contribution in [2.75, 3.05) is 7.11 Å². The monoisotopic (exact) mass is 234 g/mol. The van der Waals surface area contributed by atoms with Gasteiger partial charge >= 0.3 is 0 Å². The Labute approximate surface area is 106 Å². The van der Waals surface area contributed by atoms with E-state index in [1.807, 2.05) is 12.1 Å². The van der Waals surface area contributed by atoms with Crippen molar-refractivity contribution in [3.8, 4) is 5.75 Å². The van der Waals surface area contributed by atoms with E-state index in [4.69, 9.17) is 4.74 Å². The number of hydrogen-bond donors (Lipinski definition) is 0. The lowest BCUT2D eigenvalue weighted by Crippen LogP contribution is -2.00. The average Bonchev–Trinajstić information content (AvgIpc) is 2.29. The van der Waals surface area contributed by atoms with Crippen molar-refractivity contribution in [2.45, 2.75) is 46.5 Å². The Morgan fingerprint density at radius 1 is 1.06 bits per heavy atom. The fourth-order valence-corrected chi connectivity index (χ4v) is 2.37. The Morgan fingerprint density at radius 3 is 2.24 bits per heavy atom. The Morgan fingerprint density at radius 2 is 1.71 bits per heavy atom. The molecule has 1 nitrogen and oxygen atoms in total. The summed E-state index contributed by atoms with van der Waals surface area (Å²) in [5, 5.41) is 0. The first kappa shape index (κ1) is 14.1. The zero-order chi connectivity index (χ0) is 12.7. The third-order valence-electron chi connectivity index (χ3n) is 3.20. The molecule has 1 rings (SSSR count). The van der Waals surface area contributed by atoms with E-state index in [1.165, 1.54) is 31.2 Å². The molecule has 0 aliphatic heterocycles. The zero-order valence-corrected chi connectivity index (χ0v) is 11.7. The summed E-state index contributed by atoms with van der Waals surface area (Å²) in [6.07, 6.45) is 5.17. The minimum absolute atomic E-state index is 0.825.